The van der Waals surface area contributed by atoms with Crippen LogP contribution in [0.3, 0.4) is 0 Å². The Hall–Kier alpha value is -1.34. The van der Waals surface area contributed by atoms with E-state index in [9.17, 15) is 9.90 Å². The van der Waals surface area contributed by atoms with E-state index in [2.05, 4.69) is 96.1 Å². The number of anilines is 1. The summed E-state index contributed by atoms with van der Waals surface area (Å²) in [5, 5.41) is 9.42. The standard InChI is InChI=1S/C27H43NO3SSi/c1-26(2,3)33(7,8)31-17-15-28(6)23-13-10-21(11-14-23)9-12-22-19-27(4,5)20-24(30)25(22)32-18-16-29/h9-14,29H,15-20H2,1-8H3/b12-9+. The van der Waals surface area contributed by atoms with Crippen molar-refractivity contribution in [2.24, 2.45) is 5.41 Å². The molecule has 0 atom stereocenters. The number of Topliss-reactive ketones (excluding diaryl/α,β-unsaturated/α-hetero) is 1. The van der Waals surface area contributed by atoms with Crippen molar-refractivity contribution in [3.63, 3.8) is 0 Å². The van der Waals surface area contributed by atoms with Crippen molar-refractivity contribution in [2.75, 3.05) is 37.5 Å². The summed E-state index contributed by atoms with van der Waals surface area (Å²) < 4.78 is 6.31. The lowest BCUT2D eigenvalue weighted by molar-refractivity contribution is -0.117. The second-order valence-electron chi connectivity index (χ2n) is 11.3. The molecule has 33 heavy (non-hydrogen) atoms. The maximum Gasteiger partial charge on any atom is 0.192 e. The SMILES string of the molecule is CN(CCO[Si](C)(C)C(C)(C)C)c1ccc(/C=C/C2=C(SCCO)C(=O)CC(C)(C)C2)cc1. The number of aliphatic hydroxyl groups is 1. The molecule has 1 aromatic rings. The van der Waals surface area contributed by atoms with Crippen molar-refractivity contribution < 1.29 is 14.3 Å². The summed E-state index contributed by atoms with van der Waals surface area (Å²) in [4.78, 5) is 15.7. The Kier molecular flexibility index (Phi) is 9.63. The van der Waals surface area contributed by atoms with Crippen LogP contribution in [0.5, 0.6) is 0 Å². The summed E-state index contributed by atoms with van der Waals surface area (Å²) in [6, 6.07) is 8.51. The first-order valence-electron chi connectivity index (χ1n) is 11.9. The minimum atomic E-state index is -1.72. The van der Waals surface area contributed by atoms with E-state index in [1.165, 1.54) is 17.4 Å². The fourth-order valence-electron chi connectivity index (χ4n) is 3.63. The van der Waals surface area contributed by atoms with Crippen molar-refractivity contribution >= 4 is 37.6 Å². The summed E-state index contributed by atoms with van der Waals surface area (Å²) in [5.41, 5.74) is 3.33. The number of hydrogen-bond acceptors (Lipinski definition) is 5. The Morgan fingerprint density at radius 1 is 1.15 bits per heavy atom. The molecular weight excluding hydrogens is 446 g/mol. The van der Waals surface area contributed by atoms with E-state index in [0.29, 0.717) is 12.2 Å². The lowest BCUT2D eigenvalue weighted by Gasteiger charge is -2.36. The second-order valence-corrected chi connectivity index (χ2v) is 17.2. The van der Waals surface area contributed by atoms with Gasteiger partial charge in [-0.1, -0.05) is 58.9 Å². The molecule has 0 saturated carbocycles. The first-order valence-corrected chi connectivity index (χ1v) is 15.8. The molecule has 0 unspecified atom stereocenters. The van der Waals surface area contributed by atoms with Crippen LogP contribution in [0.4, 0.5) is 5.69 Å². The highest BCUT2D eigenvalue weighted by Crippen LogP contribution is 2.41. The minimum Gasteiger partial charge on any atom is -0.415 e. The van der Waals surface area contributed by atoms with Gasteiger partial charge in [0.2, 0.25) is 0 Å². The number of rotatable bonds is 10. The first kappa shape index (κ1) is 27.9. The average molecular weight is 490 g/mol. The number of thioether (sulfide) groups is 1. The fourth-order valence-corrected chi connectivity index (χ4v) is 5.52. The number of allylic oxidation sites excluding steroid dienone is 3. The van der Waals surface area contributed by atoms with Crippen LogP contribution in [0.25, 0.3) is 6.08 Å². The zero-order valence-corrected chi connectivity index (χ0v) is 23.6. The van der Waals surface area contributed by atoms with E-state index in [4.69, 9.17) is 4.43 Å². The van der Waals surface area contributed by atoms with Gasteiger partial charge in [-0.05, 0) is 53.2 Å². The molecule has 0 bridgehead atoms. The molecule has 0 heterocycles. The summed E-state index contributed by atoms with van der Waals surface area (Å²) in [5.74, 6) is 0.750. The van der Waals surface area contributed by atoms with Crippen LogP contribution in [0, 0.1) is 5.41 Å². The Bertz CT molecular complexity index is 866. The van der Waals surface area contributed by atoms with E-state index in [1.54, 1.807) is 0 Å². The largest absolute Gasteiger partial charge is 0.415 e. The number of carbonyl (C=O) groups is 1. The van der Waals surface area contributed by atoms with Crippen molar-refractivity contribution in [2.45, 2.75) is 65.6 Å². The van der Waals surface area contributed by atoms with Crippen LogP contribution >= 0.6 is 11.8 Å². The van der Waals surface area contributed by atoms with Gasteiger partial charge in [0.15, 0.2) is 14.1 Å². The maximum atomic E-state index is 12.7. The van der Waals surface area contributed by atoms with Gasteiger partial charge in [-0.2, -0.15) is 0 Å². The Balaban J connectivity index is 2.04. The molecule has 6 heteroatoms. The molecule has 184 valence electrons. The Labute approximate surface area is 206 Å². The van der Waals surface area contributed by atoms with Gasteiger partial charge in [0.05, 0.1) is 18.1 Å². The molecule has 1 aliphatic rings. The van der Waals surface area contributed by atoms with Crippen LogP contribution < -0.4 is 4.90 Å². The van der Waals surface area contributed by atoms with Gasteiger partial charge in [-0.3, -0.25) is 4.79 Å². The predicted molar refractivity (Wildman–Crippen MR) is 146 cm³/mol. The van der Waals surface area contributed by atoms with Gasteiger partial charge < -0.3 is 14.4 Å². The van der Waals surface area contributed by atoms with Gasteiger partial charge >= 0.3 is 0 Å². The molecule has 0 aromatic heterocycles. The molecular formula is C27H43NO3SSi. The van der Waals surface area contributed by atoms with Crippen molar-refractivity contribution in [1.29, 1.82) is 0 Å². The molecule has 4 nitrogen and oxygen atoms in total. The zero-order valence-electron chi connectivity index (χ0n) is 21.8. The van der Waals surface area contributed by atoms with E-state index < -0.39 is 8.32 Å². The van der Waals surface area contributed by atoms with Crippen LogP contribution in [0.2, 0.25) is 18.1 Å². The first-order chi connectivity index (χ1) is 15.3. The van der Waals surface area contributed by atoms with E-state index in [0.717, 1.165) is 35.6 Å². The highest BCUT2D eigenvalue weighted by atomic mass is 32.2. The number of likely N-dealkylation sites (N-methyl/N-ethyl adjacent to an activating group) is 1. The number of ketones is 1. The zero-order chi connectivity index (χ0) is 24.9. The minimum absolute atomic E-state index is 0.0287. The van der Waals surface area contributed by atoms with E-state index in [-0.39, 0.29) is 22.8 Å². The molecule has 0 aliphatic heterocycles. The van der Waals surface area contributed by atoms with Gasteiger partial charge in [0.25, 0.3) is 0 Å². The Morgan fingerprint density at radius 2 is 1.79 bits per heavy atom. The van der Waals surface area contributed by atoms with E-state index >= 15 is 0 Å². The van der Waals surface area contributed by atoms with Gasteiger partial charge in [0.1, 0.15) is 0 Å². The van der Waals surface area contributed by atoms with Crippen LogP contribution in [-0.2, 0) is 9.22 Å². The quantitative estimate of drug-likeness (QED) is 0.379. The summed E-state index contributed by atoms with van der Waals surface area (Å²) in [6.07, 6.45) is 5.62. The monoisotopic (exact) mass is 489 g/mol. The highest BCUT2D eigenvalue weighted by Gasteiger charge is 2.37. The third kappa shape index (κ3) is 8.13. The number of carbonyl (C=O) groups excluding carboxylic acids is 1. The third-order valence-electron chi connectivity index (χ3n) is 6.70. The van der Waals surface area contributed by atoms with Crippen molar-refractivity contribution in [3.8, 4) is 0 Å². The fraction of sp³-hybridized carbons (Fsp3) is 0.593. The van der Waals surface area contributed by atoms with Crippen molar-refractivity contribution in [1.82, 2.24) is 0 Å². The topological polar surface area (TPSA) is 49.8 Å². The van der Waals surface area contributed by atoms with Crippen LogP contribution in [0.15, 0.2) is 40.8 Å². The summed E-state index contributed by atoms with van der Waals surface area (Å²) >= 11 is 1.48. The molecule has 1 aromatic carbocycles. The van der Waals surface area contributed by atoms with E-state index in [1.807, 2.05) is 0 Å². The number of benzene rings is 1. The number of hydrogen-bond donors (Lipinski definition) is 1. The van der Waals surface area contributed by atoms with Crippen molar-refractivity contribution in [3.05, 3.63) is 46.4 Å². The van der Waals surface area contributed by atoms with Gasteiger partial charge in [0, 0.05) is 31.5 Å². The maximum absolute atomic E-state index is 12.7. The smallest absolute Gasteiger partial charge is 0.192 e. The molecule has 0 fully saturated rings. The molecule has 0 spiro atoms. The van der Waals surface area contributed by atoms with Gasteiger partial charge in [-0.15, -0.1) is 11.8 Å². The number of aliphatic hydroxyl groups excluding tert-OH is 1. The molecule has 0 amide bonds. The average Bonchev–Trinajstić information content (AvgIpc) is 2.70. The third-order valence-corrected chi connectivity index (χ3v) is 12.4. The van der Waals surface area contributed by atoms with Gasteiger partial charge in [-0.25, -0.2) is 0 Å². The molecule has 0 saturated heterocycles. The molecule has 2 rings (SSSR count). The summed E-state index contributed by atoms with van der Waals surface area (Å²) in [6.45, 7) is 17.3. The summed E-state index contributed by atoms with van der Waals surface area (Å²) in [7, 11) is 0.384. The normalized spacial score (nSPS) is 17.2. The lowest BCUT2D eigenvalue weighted by atomic mass is 9.76. The second kappa shape index (κ2) is 11.4. The van der Waals surface area contributed by atoms with Crippen LogP contribution in [0.1, 0.15) is 53.0 Å². The lowest BCUT2D eigenvalue weighted by Crippen LogP contribution is -2.42. The molecule has 0 radical (unpaired) electrons. The molecule has 1 N–H and O–H groups in total. The molecule has 1 aliphatic carbocycles. The highest BCUT2D eigenvalue weighted by molar-refractivity contribution is 8.04. The number of nitrogens with zero attached hydrogens (tertiary/aromatic N) is 1. The predicted octanol–water partition coefficient (Wildman–Crippen LogP) is 6.53. The van der Waals surface area contributed by atoms with Crippen LogP contribution in [-0.4, -0.2) is 51.8 Å². The Morgan fingerprint density at radius 3 is 2.36 bits per heavy atom.